The van der Waals surface area contributed by atoms with Gasteiger partial charge in [0.25, 0.3) is 0 Å². The Kier molecular flexibility index (Phi) is 6.81. The minimum atomic E-state index is -3.73. The summed E-state index contributed by atoms with van der Waals surface area (Å²) in [5.41, 5.74) is 4.63. The number of ether oxygens (including phenoxy) is 1. The summed E-state index contributed by atoms with van der Waals surface area (Å²) < 4.78 is 46.7. The van der Waals surface area contributed by atoms with E-state index in [4.69, 9.17) is 4.74 Å². The van der Waals surface area contributed by atoms with E-state index in [1.807, 2.05) is 0 Å². The average Bonchev–Trinajstić information content (AvgIpc) is 2.77. The first-order chi connectivity index (χ1) is 15.3. The molecule has 1 atom stereocenters. The second-order valence-corrected chi connectivity index (χ2v) is 10.3. The summed E-state index contributed by atoms with van der Waals surface area (Å²) in [5, 5.41) is 9.18. The lowest BCUT2D eigenvalue weighted by Gasteiger charge is -2.32. The fourth-order valence-electron chi connectivity index (χ4n) is 4.93. The lowest BCUT2D eigenvalue weighted by molar-refractivity contribution is -0.139. The van der Waals surface area contributed by atoms with Crippen molar-refractivity contribution in [3.63, 3.8) is 0 Å². The van der Waals surface area contributed by atoms with Crippen molar-refractivity contribution in [2.75, 3.05) is 13.2 Å². The van der Waals surface area contributed by atoms with Crippen molar-refractivity contribution in [2.24, 2.45) is 0 Å². The zero-order chi connectivity index (χ0) is 22.7. The molecule has 0 aliphatic heterocycles. The molecule has 2 aromatic rings. The number of carboxylic acids is 1. The Bertz CT molecular complexity index is 1100. The van der Waals surface area contributed by atoms with E-state index >= 15 is 0 Å². The van der Waals surface area contributed by atoms with Crippen LogP contribution in [0.3, 0.4) is 0 Å². The van der Waals surface area contributed by atoms with Crippen molar-refractivity contribution < 1.29 is 27.4 Å². The number of benzene rings is 2. The summed E-state index contributed by atoms with van der Waals surface area (Å²) in [6.07, 6.45) is 7.43. The van der Waals surface area contributed by atoms with Crippen LogP contribution >= 0.6 is 0 Å². The van der Waals surface area contributed by atoms with E-state index in [-0.39, 0.29) is 24.0 Å². The van der Waals surface area contributed by atoms with Gasteiger partial charge in [0.05, 0.1) is 4.90 Å². The van der Waals surface area contributed by atoms with E-state index in [0.717, 1.165) is 68.2 Å². The maximum atomic E-state index is 13.1. The molecule has 0 saturated heterocycles. The predicted octanol–water partition coefficient (Wildman–Crippen LogP) is 3.96. The molecule has 2 N–H and O–H groups in total. The Morgan fingerprint density at radius 3 is 2.56 bits per heavy atom. The van der Waals surface area contributed by atoms with E-state index in [0.29, 0.717) is 12.2 Å². The number of hydrogen-bond donors (Lipinski definition) is 2. The van der Waals surface area contributed by atoms with Gasteiger partial charge in [-0.15, -0.1) is 0 Å². The van der Waals surface area contributed by atoms with Gasteiger partial charge in [0, 0.05) is 12.1 Å². The van der Waals surface area contributed by atoms with Gasteiger partial charge >= 0.3 is 5.97 Å². The Morgan fingerprint density at radius 2 is 1.81 bits per heavy atom. The van der Waals surface area contributed by atoms with E-state index in [1.54, 1.807) is 0 Å². The molecule has 0 saturated carbocycles. The minimum absolute atomic E-state index is 0.0301. The van der Waals surface area contributed by atoms with Crippen LogP contribution in [0, 0.1) is 5.82 Å². The predicted molar refractivity (Wildman–Crippen MR) is 118 cm³/mol. The molecule has 8 heteroatoms. The Hall–Kier alpha value is -2.45. The third-order valence-corrected chi connectivity index (χ3v) is 7.86. The van der Waals surface area contributed by atoms with Crippen molar-refractivity contribution in [3.8, 4) is 5.75 Å². The first-order valence-corrected chi connectivity index (χ1v) is 12.6. The van der Waals surface area contributed by atoms with Crippen LogP contribution in [0.1, 0.15) is 60.3 Å². The van der Waals surface area contributed by atoms with Crippen molar-refractivity contribution >= 4 is 16.0 Å². The van der Waals surface area contributed by atoms with E-state index < -0.39 is 21.8 Å². The van der Waals surface area contributed by atoms with Crippen LogP contribution in [0.4, 0.5) is 4.39 Å². The first-order valence-electron chi connectivity index (χ1n) is 11.1. The second-order valence-electron chi connectivity index (χ2n) is 8.54. The quantitative estimate of drug-likeness (QED) is 0.621. The number of aryl methyl sites for hydroxylation is 2. The summed E-state index contributed by atoms with van der Waals surface area (Å²) in [5.74, 6) is -0.692. The molecule has 0 heterocycles. The molecule has 32 heavy (non-hydrogen) atoms. The van der Waals surface area contributed by atoms with Gasteiger partial charge < -0.3 is 9.84 Å². The summed E-state index contributed by atoms with van der Waals surface area (Å²) in [4.78, 5) is 11.2. The van der Waals surface area contributed by atoms with Crippen LogP contribution in [0.2, 0.25) is 0 Å². The highest BCUT2D eigenvalue weighted by molar-refractivity contribution is 7.89. The Labute approximate surface area is 187 Å². The van der Waals surface area contributed by atoms with Gasteiger partial charge in [0.15, 0.2) is 6.61 Å². The number of rotatable bonds is 8. The highest BCUT2D eigenvalue weighted by atomic mass is 32.2. The second kappa shape index (κ2) is 9.58. The highest BCUT2D eigenvalue weighted by Crippen LogP contribution is 2.45. The number of nitrogens with one attached hydrogen (secondary N) is 1. The van der Waals surface area contributed by atoms with Gasteiger partial charge in [-0.05, 0) is 98.2 Å². The largest absolute Gasteiger partial charge is 0.481 e. The summed E-state index contributed by atoms with van der Waals surface area (Å²) in [7, 11) is -3.73. The summed E-state index contributed by atoms with van der Waals surface area (Å²) >= 11 is 0. The number of hydrogen-bond acceptors (Lipinski definition) is 4. The summed E-state index contributed by atoms with van der Waals surface area (Å²) in [6.45, 7) is -0.147. The minimum Gasteiger partial charge on any atom is -0.481 e. The summed E-state index contributed by atoms with van der Waals surface area (Å²) in [6, 6.07) is 7.00. The number of sulfonamides is 1. The van der Waals surface area contributed by atoms with Crippen LogP contribution < -0.4 is 9.46 Å². The Balaban J connectivity index is 1.55. The van der Waals surface area contributed by atoms with Crippen LogP contribution in [0.25, 0.3) is 0 Å². The molecular weight excluding hydrogens is 433 g/mol. The van der Waals surface area contributed by atoms with Crippen molar-refractivity contribution in [1.82, 2.24) is 4.72 Å². The van der Waals surface area contributed by atoms with E-state index in [2.05, 4.69) is 10.8 Å². The Morgan fingerprint density at radius 1 is 1.09 bits per heavy atom. The van der Waals surface area contributed by atoms with Crippen LogP contribution in [0.5, 0.6) is 5.75 Å². The zero-order valence-corrected chi connectivity index (χ0v) is 18.7. The molecule has 2 aliphatic rings. The lowest BCUT2D eigenvalue weighted by atomic mass is 9.76. The molecule has 2 aromatic carbocycles. The molecule has 0 bridgehead atoms. The molecular formula is C24H28FNO5S. The number of fused-ring (bicyclic) bond motifs is 2. The molecule has 0 aromatic heterocycles. The third-order valence-electron chi connectivity index (χ3n) is 6.38. The van der Waals surface area contributed by atoms with Crippen molar-refractivity contribution in [3.05, 3.63) is 58.4 Å². The van der Waals surface area contributed by atoms with Crippen LogP contribution in [-0.4, -0.2) is 32.6 Å². The number of halogens is 1. The number of aliphatic carboxylic acids is 1. The average molecular weight is 462 g/mol. The SMILES string of the molecule is O=C(O)COc1c2c(cc3c1C(CCNS(=O)(=O)c1ccc(F)cc1)CCC3)CCCC2. The molecule has 0 amide bonds. The van der Waals surface area contributed by atoms with Gasteiger partial charge in [-0.25, -0.2) is 22.3 Å². The zero-order valence-electron chi connectivity index (χ0n) is 17.9. The molecule has 6 nitrogen and oxygen atoms in total. The third kappa shape index (κ3) is 4.96. The number of carbonyl (C=O) groups is 1. The fourth-order valence-corrected chi connectivity index (χ4v) is 5.98. The van der Waals surface area contributed by atoms with Gasteiger partial charge in [0.1, 0.15) is 11.6 Å². The normalized spacial score (nSPS) is 18.0. The molecule has 0 fully saturated rings. The lowest BCUT2D eigenvalue weighted by Crippen LogP contribution is -2.27. The van der Waals surface area contributed by atoms with Crippen molar-refractivity contribution in [1.29, 1.82) is 0 Å². The smallest absolute Gasteiger partial charge is 0.341 e. The maximum Gasteiger partial charge on any atom is 0.341 e. The standard InChI is InChI=1S/C24H28FNO5S/c25-19-8-10-20(11-9-19)32(29,30)26-13-12-16-5-3-6-18-14-17-4-1-2-7-21(17)24(23(16)18)31-15-22(27)28/h8-11,14,16,26H,1-7,12-13,15H2,(H,27,28). The van der Waals surface area contributed by atoms with Crippen molar-refractivity contribution in [2.45, 2.75) is 62.2 Å². The topological polar surface area (TPSA) is 92.7 Å². The molecule has 4 rings (SSSR count). The van der Waals surface area contributed by atoms with Gasteiger partial charge in [-0.3, -0.25) is 0 Å². The number of carboxylic acid groups (broad SMARTS) is 1. The highest BCUT2D eigenvalue weighted by Gasteiger charge is 2.29. The molecule has 0 radical (unpaired) electrons. The van der Waals surface area contributed by atoms with E-state index in [9.17, 15) is 22.7 Å². The molecule has 2 aliphatic carbocycles. The van der Waals surface area contributed by atoms with Gasteiger partial charge in [0.2, 0.25) is 10.0 Å². The van der Waals surface area contributed by atoms with Gasteiger partial charge in [-0.2, -0.15) is 0 Å². The van der Waals surface area contributed by atoms with Gasteiger partial charge in [-0.1, -0.05) is 6.07 Å². The fraction of sp³-hybridized carbons (Fsp3) is 0.458. The molecule has 172 valence electrons. The monoisotopic (exact) mass is 461 g/mol. The first kappa shape index (κ1) is 22.7. The molecule has 0 spiro atoms. The molecule has 1 unspecified atom stereocenters. The maximum absolute atomic E-state index is 13.1. The van der Waals surface area contributed by atoms with Crippen LogP contribution in [0.15, 0.2) is 35.2 Å². The van der Waals surface area contributed by atoms with Crippen LogP contribution in [-0.2, 0) is 34.1 Å². The van der Waals surface area contributed by atoms with E-state index in [1.165, 1.54) is 23.3 Å².